The summed E-state index contributed by atoms with van der Waals surface area (Å²) in [6.07, 6.45) is -9.05. The Bertz CT molecular complexity index is 809. The largest absolute Gasteiger partial charge is 0.394 e. The summed E-state index contributed by atoms with van der Waals surface area (Å²) in [5.41, 5.74) is -1.61. The molecule has 0 radical (unpaired) electrons. The summed E-state index contributed by atoms with van der Waals surface area (Å²) in [6.45, 7) is -1.52. The van der Waals surface area contributed by atoms with Crippen LogP contribution in [0.2, 0.25) is 0 Å². The van der Waals surface area contributed by atoms with E-state index in [0.717, 1.165) is 10.8 Å². The second-order valence-electron chi connectivity index (χ2n) is 6.94. The highest BCUT2D eigenvalue weighted by molar-refractivity contribution is 5.04. The molecule has 0 bridgehead atoms. The molecule has 0 spiro atoms. The number of hydrogen-bond donors (Lipinski definition) is 7. The minimum atomic E-state index is -1.64. The van der Waals surface area contributed by atoms with Gasteiger partial charge in [0, 0.05) is 12.6 Å². The van der Waals surface area contributed by atoms with E-state index in [2.05, 4.69) is 4.98 Å². The van der Waals surface area contributed by atoms with Crippen molar-refractivity contribution in [1.29, 1.82) is 0 Å². The van der Waals surface area contributed by atoms with Crippen LogP contribution in [0.15, 0.2) is 15.8 Å². The predicted octanol–water partition coefficient (Wildman–Crippen LogP) is -4.51. The molecule has 0 aliphatic carbocycles. The quantitative estimate of drug-likeness (QED) is 0.233. The molecule has 0 amide bonds. The number of nitrogens with zero attached hydrogens (tertiary/aromatic N) is 1. The summed E-state index contributed by atoms with van der Waals surface area (Å²) in [4.78, 5) is 26.2. The van der Waals surface area contributed by atoms with Crippen LogP contribution in [0.1, 0.15) is 18.2 Å². The second kappa shape index (κ2) is 8.99. The summed E-state index contributed by atoms with van der Waals surface area (Å²) in [7, 11) is 0. The van der Waals surface area contributed by atoms with Gasteiger partial charge in [0.1, 0.15) is 36.7 Å². The zero-order valence-corrected chi connectivity index (χ0v) is 15.2. The Hall–Kier alpha value is -1.68. The normalized spacial score (nSPS) is 37.7. The van der Waals surface area contributed by atoms with E-state index in [1.807, 2.05) is 0 Å². The van der Waals surface area contributed by atoms with E-state index < -0.39 is 80.2 Å². The van der Waals surface area contributed by atoms with Crippen molar-refractivity contribution in [1.82, 2.24) is 9.55 Å². The molecular weight excluding hydrogens is 396 g/mol. The van der Waals surface area contributed by atoms with Gasteiger partial charge >= 0.3 is 5.69 Å². The van der Waals surface area contributed by atoms with Crippen LogP contribution in [0, 0.1) is 0 Å². The monoisotopic (exact) mass is 420 g/mol. The average Bonchev–Trinajstić information content (AvgIpc) is 3.07. The average molecular weight is 420 g/mol. The standard InChI is InChI=1S/C16H24N2O11/c19-3-8-7(21)1-10(28-8)18-2-6(14(25)17-16(18)26)5-27-15-13(24)12(23)11(22)9(4-20)29-15/h2,7-13,15,19-24H,1,3-5H2,(H,17,25,26)/t7-,8+,9+,10+,11+,12-,13+,15?/m0/s1. The molecule has 7 N–H and O–H groups in total. The van der Waals surface area contributed by atoms with Gasteiger partial charge in [0.05, 0.1) is 31.5 Å². The molecule has 13 heteroatoms. The molecule has 164 valence electrons. The van der Waals surface area contributed by atoms with Gasteiger partial charge in [-0.05, 0) is 0 Å². The van der Waals surface area contributed by atoms with Gasteiger partial charge < -0.3 is 44.8 Å². The number of H-pyrrole nitrogens is 1. The van der Waals surface area contributed by atoms with E-state index in [0.29, 0.717) is 0 Å². The topological polar surface area (TPSA) is 204 Å². The van der Waals surface area contributed by atoms with Crippen molar-refractivity contribution < 1.29 is 44.8 Å². The Kier molecular flexibility index (Phi) is 6.83. The summed E-state index contributed by atoms with van der Waals surface area (Å²) in [6, 6.07) is 0. The lowest BCUT2D eigenvalue weighted by Crippen LogP contribution is -2.59. The highest BCUT2D eigenvalue weighted by atomic mass is 16.7. The van der Waals surface area contributed by atoms with Crippen LogP contribution in [0.4, 0.5) is 0 Å². The van der Waals surface area contributed by atoms with Crippen molar-refractivity contribution in [2.24, 2.45) is 0 Å². The molecule has 8 atom stereocenters. The zero-order chi connectivity index (χ0) is 21.3. The van der Waals surface area contributed by atoms with Crippen molar-refractivity contribution in [2.45, 2.75) is 62.2 Å². The van der Waals surface area contributed by atoms with Gasteiger partial charge in [-0.2, -0.15) is 0 Å². The number of ether oxygens (including phenoxy) is 3. The Morgan fingerprint density at radius 3 is 2.34 bits per heavy atom. The molecule has 0 saturated carbocycles. The number of aromatic amines is 1. The fraction of sp³-hybridized carbons (Fsp3) is 0.750. The zero-order valence-electron chi connectivity index (χ0n) is 15.2. The maximum atomic E-state index is 12.1. The van der Waals surface area contributed by atoms with Crippen molar-refractivity contribution in [3.8, 4) is 0 Å². The maximum absolute atomic E-state index is 12.1. The fourth-order valence-corrected chi connectivity index (χ4v) is 3.27. The molecule has 2 saturated heterocycles. The van der Waals surface area contributed by atoms with Crippen LogP contribution in [-0.2, 0) is 20.8 Å². The van der Waals surface area contributed by atoms with Crippen LogP contribution in [0.3, 0.4) is 0 Å². The minimum Gasteiger partial charge on any atom is -0.394 e. The number of rotatable bonds is 6. The van der Waals surface area contributed by atoms with Gasteiger partial charge in [-0.1, -0.05) is 0 Å². The first-order valence-electron chi connectivity index (χ1n) is 8.97. The number of hydrogen-bond acceptors (Lipinski definition) is 11. The molecule has 2 aliphatic heterocycles. The van der Waals surface area contributed by atoms with Crippen LogP contribution in [-0.4, -0.2) is 96.3 Å². The molecule has 1 unspecified atom stereocenters. The lowest BCUT2D eigenvalue weighted by atomic mass is 9.99. The summed E-state index contributed by atoms with van der Waals surface area (Å²) in [5.74, 6) is 0. The number of nitrogens with one attached hydrogen (secondary N) is 1. The molecule has 29 heavy (non-hydrogen) atoms. The number of aliphatic hydroxyl groups is 6. The van der Waals surface area contributed by atoms with Crippen LogP contribution in [0.5, 0.6) is 0 Å². The summed E-state index contributed by atoms with van der Waals surface area (Å²) >= 11 is 0. The highest BCUT2D eigenvalue weighted by Crippen LogP contribution is 2.27. The SMILES string of the molecule is O=c1[nH]c(=O)n([C@H]2C[C@H](O)[C@@H](CO)O2)cc1COC1O[C@H](CO)[C@@H](O)[C@H](O)[C@H]1O. The fourth-order valence-electron chi connectivity index (χ4n) is 3.27. The third-order valence-corrected chi connectivity index (χ3v) is 4.99. The van der Waals surface area contributed by atoms with Crippen LogP contribution in [0.25, 0.3) is 0 Å². The first-order valence-corrected chi connectivity index (χ1v) is 8.97. The van der Waals surface area contributed by atoms with Gasteiger partial charge in [-0.25, -0.2) is 4.79 Å². The Labute approximate surface area is 163 Å². The van der Waals surface area contributed by atoms with Crippen LogP contribution < -0.4 is 11.2 Å². The van der Waals surface area contributed by atoms with E-state index in [4.69, 9.17) is 19.3 Å². The third-order valence-electron chi connectivity index (χ3n) is 4.99. The van der Waals surface area contributed by atoms with Gasteiger partial charge in [-0.3, -0.25) is 14.3 Å². The minimum absolute atomic E-state index is 0.0180. The molecule has 2 fully saturated rings. The Morgan fingerprint density at radius 2 is 1.72 bits per heavy atom. The molecule has 1 aromatic heterocycles. The number of aliphatic hydroxyl groups excluding tert-OH is 6. The van der Waals surface area contributed by atoms with E-state index >= 15 is 0 Å². The predicted molar refractivity (Wildman–Crippen MR) is 91.5 cm³/mol. The Balaban J connectivity index is 1.75. The van der Waals surface area contributed by atoms with Crippen molar-refractivity contribution >= 4 is 0 Å². The summed E-state index contributed by atoms with van der Waals surface area (Å²) < 4.78 is 16.9. The first-order chi connectivity index (χ1) is 13.8. The molecular formula is C16H24N2O11. The lowest BCUT2D eigenvalue weighted by molar-refractivity contribution is -0.304. The van der Waals surface area contributed by atoms with E-state index in [1.165, 1.54) is 0 Å². The van der Waals surface area contributed by atoms with Crippen LogP contribution >= 0.6 is 0 Å². The van der Waals surface area contributed by atoms with Gasteiger partial charge in [0.15, 0.2) is 6.29 Å². The van der Waals surface area contributed by atoms with Crippen molar-refractivity contribution in [3.05, 3.63) is 32.6 Å². The summed E-state index contributed by atoms with van der Waals surface area (Å²) in [5, 5.41) is 57.7. The molecule has 13 nitrogen and oxygen atoms in total. The van der Waals surface area contributed by atoms with Crippen molar-refractivity contribution in [3.63, 3.8) is 0 Å². The second-order valence-corrected chi connectivity index (χ2v) is 6.94. The molecule has 1 aromatic rings. The number of aromatic nitrogens is 2. The third kappa shape index (κ3) is 4.42. The molecule has 3 rings (SSSR count). The molecule has 3 heterocycles. The van der Waals surface area contributed by atoms with Gasteiger partial charge in [-0.15, -0.1) is 0 Å². The highest BCUT2D eigenvalue weighted by Gasteiger charge is 2.44. The smallest absolute Gasteiger partial charge is 0.330 e. The molecule has 0 aromatic carbocycles. The van der Waals surface area contributed by atoms with E-state index in [1.54, 1.807) is 0 Å². The molecule has 2 aliphatic rings. The van der Waals surface area contributed by atoms with Gasteiger partial charge in [0.2, 0.25) is 0 Å². The van der Waals surface area contributed by atoms with E-state index in [-0.39, 0.29) is 12.0 Å². The van der Waals surface area contributed by atoms with Crippen molar-refractivity contribution in [2.75, 3.05) is 13.2 Å². The first kappa shape index (κ1) is 22.0. The van der Waals surface area contributed by atoms with E-state index in [9.17, 15) is 35.1 Å². The van der Waals surface area contributed by atoms with Gasteiger partial charge in [0.25, 0.3) is 5.56 Å². The maximum Gasteiger partial charge on any atom is 0.330 e. The lowest BCUT2D eigenvalue weighted by Gasteiger charge is -2.39. The Morgan fingerprint density at radius 1 is 1.03 bits per heavy atom.